The number of benzene rings is 3. The molecule has 0 saturated carbocycles. The van der Waals surface area contributed by atoms with Gasteiger partial charge in [0.05, 0.1) is 0 Å². The number of aromatic hydroxyl groups is 1. The molecule has 0 amide bonds. The fraction of sp³-hybridized carbons (Fsp3) is 0.143. The van der Waals surface area contributed by atoms with Crippen LogP contribution in [0.1, 0.15) is 18.9 Å². The summed E-state index contributed by atoms with van der Waals surface area (Å²) in [6.45, 7) is 2.13. The van der Waals surface area contributed by atoms with E-state index in [1.807, 2.05) is 12.1 Å². The van der Waals surface area contributed by atoms with Crippen LogP contribution >= 0.6 is 0 Å². The molecule has 0 radical (unpaired) electrons. The van der Waals surface area contributed by atoms with Gasteiger partial charge < -0.3 is 5.11 Å². The zero-order valence-electron chi connectivity index (χ0n) is 13.7. The van der Waals surface area contributed by atoms with E-state index in [2.05, 4.69) is 19.1 Å². The van der Waals surface area contributed by atoms with E-state index >= 15 is 0 Å². The first kappa shape index (κ1) is 17.1. The van der Waals surface area contributed by atoms with Gasteiger partial charge in [-0.1, -0.05) is 61.9 Å². The van der Waals surface area contributed by atoms with Gasteiger partial charge in [0.25, 0.3) is 0 Å². The predicted molar refractivity (Wildman–Crippen MR) is 92.8 cm³/mol. The summed E-state index contributed by atoms with van der Waals surface area (Å²) in [4.78, 5) is 0. The van der Waals surface area contributed by atoms with Crippen LogP contribution in [0.4, 0.5) is 13.2 Å². The second-order valence-corrected chi connectivity index (χ2v) is 5.91. The molecule has 0 aromatic heterocycles. The summed E-state index contributed by atoms with van der Waals surface area (Å²) in [5.74, 6) is -5.34. The molecule has 0 aliphatic carbocycles. The molecule has 3 rings (SSSR count). The number of halogens is 3. The summed E-state index contributed by atoms with van der Waals surface area (Å²) in [6.07, 6.45) is 2.11. The second kappa shape index (κ2) is 7.01. The number of aryl methyl sites for hydroxylation is 1. The van der Waals surface area contributed by atoms with Gasteiger partial charge in [-0.05, 0) is 34.7 Å². The lowest BCUT2D eigenvalue weighted by atomic mass is 9.98. The molecule has 0 atom stereocenters. The monoisotopic (exact) mass is 342 g/mol. The summed E-state index contributed by atoms with van der Waals surface area (Å²) in [6, 6.07) is 15.7. The molecule has 4 heteroatoms. The minimum atomic E-state index is -1.58. The average Bonchev–Trinajstić information content (AvgIpc) is 2.64. The molecule has 0 heterocycles. The Morgan fingerprint density at radius 2 is 1.28 bits per heavy atom. The summed E-state index contributed by atoms with van der Waals surface area (Å²) in [5.41, 5.74) is 3.31. The molecule has 0 aliphatic heterocycles. The number of hydrogen-bond donors (Lipinski definition) is 1. The van der Waals surface area contributed by atoms with Crippen molar-refractivity contribution in [2.75, 3.05) is 0 Å². The Bertz CT molecular complexity index is 885. The van der Waals surface area contributed by atoms with E-state index < -0.39 is 23.2 Å². The van der Waals surface area contributed by atoms with E-state index in [-0.39, 0.29) is 5.56 Å². The molecule has 1 N–H and O–H groups in total. The molecule has 0 aliphatic rings. The Morgan fingerprint density at radius 1 is 0.760 bits per heavy atom. The maximum absolute atomic E-state index is 14.0. The van der Waals surface area contributed by atoms with Crippen LogP contribution in [0.25, 0.3) is 22.3 Å². The van der Waals surface area contributed by atoms with Crippen molar-refractivity contribution in [1.82, 2.24) is 0 Å². The molecule has 25 heavy (non-hydrogen) atoms. The van der Waals surface area contributed by atoms with E-state index in [0.29, 0.717) is 5.56 Å². The second-order valence-electron chi connectivity index (χ2n) is 5.91. The van der Waals surface area contributed by atoms with E-state index in [0.717, 1.165) is 30.0 Å². The molecule has 1 nitrogen and oxygen atoms in total. The third-order valence-corrected chi connectivity index (χ3v) is 4.16. The highest BCUT2D eigenvalue weighted by molar-refractivity contribution is 5.71. The van der Waals surface area contributed by atoms with Crippen molar-refractivity contribution in [3.8, 4) is 28.0 Å². The Hall–Kier alpha value is -2.75. The summed E-state index contributed by atoms with van der Waals surface area (Å²) in [7, 11) is 0. The lowest BCUT2D eigenvalue weighted by molar-refractivity contribution is 0.377. The third-order valence-electron chi connectivity index (χ3n) is 4.16. The van der Waals surface area contributed by atoms with Crippen LogP contribution in [0.5, 0.6) is 5.75 Å². The lowest BCUT2D eigenvalue weighted by Crippen LogP contribution is -1.94. The van der Waals surface area contributed by atoms with Gasteiger partial charge in [-0.2, -0.15) is 4.39 Å². The van der Waals surface area contributed by atoms with E-state index in [9.17, 15) is 13.2 Å². The number of rotatable bonds is 4. The molecule has 0 saturated heterocycles. The first-order valence-electron chi connectivity index (χ1n) is 8.07. The van der Waals surface area contributed by atoms with Crippen molar-refractivity contribution < 1.29 is 18.3 Å². The zero-order chi connectivity index (χ0) is 18.0. The van der Waals surface area contributed by atoms with Crippen molar-refractivity contribution in [3.05, 3.63) is 77.6 Å². The van der Waals surface area contributed by atoms with Crippen LogP contribution in [0, 0.1) is 17.5 Å². The smallest absolute Gasteiger partial charge is 0.204 e. The molecule has 0 fully saturated rings. The molecular weight excluding hydrogens is 325 g/mol. The highest BCUT2D eigenvalue weighted by atomic mass is 19.2. The molecule has 0 spiro atoms. The average molecular weight is 342 g/mol. The summed E-state index contributed by atoms with van der Waals surface area (Å²) >= 11 is 0. The first-order valence-corrected chi connectivity index (χ1v) is 8.07. The Labute approximate surface area is 144 Å². The highest BCUT2D eigenvalue weighted by Crippen LogP contribution is 2.32. The van der Waals surface area contributed by atoms with Gasteiger partial charge in [-0.25, -0.2) is 8.78 Å². The van der Waals surface area contributed by atoms with Gasteiger partial charge in [-0.3, -0.25) is 0 Å². The largest absolute Gasteiger partial charge is 0.503 e. The molecule has 128 valence electrons. The number of phenols is 1. The van der Waals surface area contributed by atoms with E-state index in [1.54, 1.807) is 24.3 Å². The Kier molecular flexibility index (Phi) is 4.79. The van der Waals surface area contributed by atoms with Gasteiger partial charge in [0.15, 0.2) is 17.4 Å². The van der Waals surface area contributed by atoms with Gasteiger partial charge in [-0.15, -0.1) is 0 Å². The van der Waals surface area contributed by atoms with Crippen molar-refractivity contribution >= 4 is 0 Å². The zero-order valence-corrected chi connectivity index (χ0v) is 13.7. The van der Waals surface area contributed by atoms with E-state index in [4.69, 9.17) is 5.11 Å². The molecular formula is C21H17F3O. The van der Waals surface area contributed by atoms with Crippen molar-refractivity contribution in [2.45, 2.75) is 19.8 Å². The fourth-order valence-corrected chi connectivity index (χ4v) is 2.79. The third kappa shape index (κ3) is 3.38. The van der Waals surface area contributed by atoms with Crippen molar-refractivity contribution in [3.63, 3.8) is 0 Å². The first-order chi connectivity index (χ1) is 12.0. The van der Waals surface area contributed by atoms with E-state index in [1.165, 1.54) is 5.56 Å². The maximum Gasteiger partial charge on any atom is 0.204 e. The Morgan fingerprint density at radius 3 is 1.84 bits per heavy atom. The van der Waals surface area contributed by atoms with Crippen LogP contribution in [0.3, 0.4) is 0 Å². The predicted octanol–water partition coefficient (Wildman–Crippen LogP) is 6.10. The van der Waals surface area contributed by atoms with Crippen LogP contribution in [-0.2, 0) is 6.42 Å². The van der Waals surface area contributed by atoms with Crippen LogP contribution in [0.15, 0.2) is 54.6 Å². The number of hydrogen-bond acceptors (Lipinski definition) is 1. The summed E-state index contributed by atoms with van der Waals surface area (Å²) < 4.78 is 41.0. The minimum Gasteiger partial charge on any atom is -0.503 e. The van der Waals surface area contributed by atoms with Gasteiger partial charge in [0, 0.05) is 5.56 Å². The Balaban J connectivity index is 1.93. The van der Waals surface area contributed by atoms with Gasteiger partial charge in [0.1, 0.15) is 0 Å². The topological polar surface area (TPSA) is 20.2 Å². The maximum atomic E-state index is 14.0. The van der Waals surface area contributed by atoms with Crippen molar-refractivity contribution in [1.29, 1.82) is 0 Å². The fourth-order valence-electron chi connectivity index (χ4n) is 2.79. The quantitative estimate of drug-likeness (QED) is 0.568. The number of phenolic OH excluding ortho intramolecular Hbond substituents is 1. The SMILES string of the molecule is CCCc1ccc(-c2ccc(-c3cc(F)c(O)c(F)c3F)cc2)cc1. The lowest BCUT2D eigenvalue weighted by Gasteiger charge is -2.09. The standard InChI is InChI=1S/C21H17F3O/c1-2-3-13-4-6-14(7-5-13)15-8-10-16(11-9-15)17-12-18(22)21(25)20(24)19(17)23/h4-12,25H,2-3H2,1H3. The minimum absolute atomic E-state index is 0.224. The van der Waals surface area contributed by atoms with Crippen LogP contribution < -0.4 is 0 Å². The molecule has 0 bridgehead atoms. The van der Waals surface area contributed by atoms with Crippen molar-refractivity contribution in [2.24, 2.45) is 0 Å². The summed E-state index contributed by atoms with van der Waals surface area (Å²) in [5, 5.41) is 9.12. The normalized spacial score (nSPS) is 10.9. The van der Waals surface area contributed by atoms with Crippen LogP contribution in [0.2, 0.25) is 0 Å². The molecule has 3 aromatic carbocycles. The molecule has 3 aromatic rings. The molecule has 0 unspecified atom stereocenters. The van der Waals surface area contributed by atoms with Gasteiger partial charge >= 0.3 is 0 Å². The van der Waals surface area contributed by atoms with Gasteiger partial charge in [0.2, 0.25) is 5.82 Å². The van der Waals surface area contributed by atoms with Crippen LogP contribution in [-0.4, -0.2) is 5.11 Å². The highest BCUT2D eigenvalue weighted by Gasteiger charge is 2.19.